The van der Waals surface area contributed by atoms with Crippen LogP contribution in [0.25, 0.3) is 33.4 Å². The maximum absolute atomic E-state index is 15.2. The highest BCUT2D eigenvalue weighted by Crippen LogP contribution is 2.26. The van der Waals surface area contributed by atoms with E-state index in [2.05, 4.69) is 39.3 Å². The van der Waals surface area contributed by atoms with Crippen LogP contribution in [0.2, 0.25) is 0 Å². The number of hydrogen-bond acceptors (Lipinski definition) is 7. The summed E-state index contributed by atoms with van der Waals surface area (Å²) in [6, 6.07) is 6.38. The highest BCUT2D eigenvalue weighted by molar-refractivity contribution is 5.86. The van der Waals surface area contributed by atoms with Gasteiger partial charge in [0.2, 0.25) is 5.82 Å². The van der Waals surface area contributed by atoms with Gasteiger partial charge in [-0.2, -0.15) is 14.6 Å². The second-order valence-corrected chi connectivity index (χ2v) is 10.4. The Balaban J connectivity index is 1.30. The lowest BCUT2D eigenvalue weighted by atomic mass is 10.1. The Morgan fingerprint density at radius 3 is 2.51 bits per heavy atom. The summed E-state index contributed by atoms with van der Waals surface area (Å²) in [7, 11) is 1.89. The average Bonchev–Trinajstić information content (AvgIpc) is 3.34. The van der Waals surface area contributed by atoms with Crippen molar-refractivity contribution in [2.45, 2.75) is 52.1 Å². The molecule has 4 heterocycles. The molecule has 5 aromatic rings. The zero-order valence-corrected chi connectivity index (χ0v) is 23.2. The van der Waals surface area contributed by atoms with Gasteiger partial charge in [-0.25, -0.2) is 19.5 Å². The predicted molar refractivity (Wildman–Crippen MR) is 153 cm³/mol. The van der Waals surface area contributed by atoms with Crippen LogP contribution in [-0.4, -0.2) is 40.6 Å². The number of nitrogens with one attached hydrogen (secondary N) is 2. The predicted octanol–water partition coefficient (Wildman–Crippen LogP) is 4.62. The van der Waals surface area contributed by atoms with E-state index in [1.54, 1.807) is 30.7 Å². The molecule has 2 N–H and O–H groups in total. The normalized spacial score (nSPS) is 12.3. The Morgan fingerprint density at radius 1 is 1.05 bits per heavy atom. The van der Waals surface area contributed by atoms with Gasteiger partial charge in [0.25, 0.3) is 5.56 Å². The van der Waals surface area contributed by atoms with Gasteiger partial charge in [0, 0.05) is 49.5 Å². The molecule has 0 saturated heterocycles. The highest BCUT2D eigenvalue weighted by Gasteiger charge is 2.15. The molecule has 5 rings (SSSR count). The number of anilines is 1. The molecule has 0 aliphatic carbocycles. The van der Waals surface area contributed by atoms with Crippen LogP contribution < -0.4 is 16.4 Å². The van der Waals surface area contributed by atoms with Crippen molar-refractivity contribution in [3.05, 3.63) is 87.1 Å². The number of H-pyrrole nitrogens is 1. The van der Waals surface area contributed by atoms with Gasteiger partial charge in [0.05, 0.1) is 28.5 Å². The van der Waals surface area contributed by atoms with E-state index < -0.39 is 17.2 Å². The summed E-state index contributed by atoms with van der Waals surface area (Å²) in [5.74, 6) is -0.985. The van der Waals surface area contributed by atoms with E-state index in [0.717, 1.165) is 17.0 Å². The number of nitrogens with zero attached hydrogens (tertiary/aromatic N) is 6. The standard InChI is InChI=1S/C29H30F2N8O2/c1-16(2)25-12-23(37-38(25)4)19-13-32-27(33-14-19)21-10-18-7-9-39(29(41)20(18)11-22(21)30)8-5-6-17(3)35-24-15-34-36-28(40)26(24)31/h7,9-17H,5-6,8H2,1-4H3,(H2,35,36,40)/t17-/m0/s1. The first-order valence-electron chi connectivity index (χ1n) is 13.3. The molecule has 0 amide bonds. The third kappa shape index (κ3) is 5.76. The van der Waals surface area contributed by atoms with E-state index in [1.807, 2.05) is 29.8 Å². The summed E-state index contributed by atoms with van der Waals surface area (Å²) in [4.78, 5) is 33.2. The van der Waals surface area contributed by atoms with Crippen LogP contribution in [0, 0.1) is 11.6 Å². The fraction of sp³-hybridized carbons (Fsp3) is 0.310. The van der Waals surface area contributed by atoms with Gasteiger partial charge in [-0.05, 0) is 55.3 Å². The quantitative estimate of drug-likeness (QED) is 0.270. The average molecular weight is 561 g/mol. The topological polar surface area (TPSA) is 123 Å². The lowest BCUT2D eigenvalue weighted by Crippen LogP contribution is -2.23. The number of fused-ring (bicyclic) bond motifs is 1. The van der Waals surface area contributed by atoms with Crippen molar-refractivity contribution in [1.29, 1.82) is 0 Å². The molecule has 0 aliphatic heterocycles. The monoisotopic (exact) mass is 560 g/mol. The SMILES string of the molecule is CC(C)c1cc(-c2cnc(-c3cc4ccn(CCC[C@H](C)Nc5cn[nH]c(=O)c5F)c(=O)c4cc3F)nc2)nn1C. The second kappa shape index (κ2) is 11.4. The van der Waals surface area contributed by atoms with Gasteiger partial charge in [0.15, 0.2) is 5.82 Å². The molecule has 0 saturated carbocycles. The second-order valence-electron chi connectivity index (χ2n) is 10.4. The molecule has 10 nitrogen and oxygen atoms in total. The third-order valence-corrected chi connectivity index (χ3v) is 6.99. The molecular weight excluding hydrogens is 530 g/mol. The maximum atomic E-state index is 15.2. The minimum absolute atomic E-state index is 0.0195. The number of benzene rings is 1. The molecule has 0 aliphatic rings. The number of aromatic amines is 1. The van der Waals surface area contributed by atoms with Gasteiger partial charge < -0.3 is 9.88 Å². The Bertz CT molecular complexity index is 1830. The van der Waals surface area contributed by atoms with Gasteiger partial charge >= 0.3 is 5.56 Å². The van der Waals surface area contributed by atoms with Crippen molar-refractivity contribution < 1.29 is 8.78 Å². The smallest absolute Gasteiger partial charge is 0.302 e. The molecule has 4 aromatic heterocycles. The van der Waals surface area contributed by atoms with Crippen LogP contribution in [0.5, 0.6) is 0 Å². The molecular formula is C29H30F2N8O2. The van der Waals surface area contributed by atoms with Crippen molar-refractivity contribution >= 4 is 16.5 Å². The number of rotatable bonds is 9. The molecule has 0 spiro atoms. The first kappa shape index (κ1) is 27.8. The van der Waals surface area contributed by atoms with Crippen molar-refractivity contribution in [3.8, 4) is 22.6 Å². The molecule has 1 atom stereocenters. The van der Waals surface area contributed by atoms with Crippen molar-refractivity contribution in [2.24, 2.45) is 7.05 Å². The van der Waals surface area contributed by atoms with E-state index in [0.29, 0.717) is 30.7 Å². The van der Waals surface area contributed by atoms with Gasteiger partial charge in [0.1, 0.15) is 5.82 Å². The molecule has 0 unspecified atom stereocenters. The van der Waals surface area contributed by atoms with Gasteiger partial charge in [-0.15, -0.1) is 0 Å². The minimum Gasteiger partial charge on any atom is -0.379 e. The van der Waals surface area contributed by atoms with Crippen molar-refractivity contribution in [3.63, 3.8) is 0 Å². The molecule has 0 fully saturated rings. The number of hydrogen-bond donors (Lipinski definition) is 2. The fourth-order valence-corrected chi connectivity index (χ4v) is 4.81. The first-order chi connectivity index (χ1) is 19.6. The maximum Gasteiger partial charge on any atom is 0.302 e. The lowest BCUT2D eigenvalue weighted by Gasteiger charge is -2.15. The largest absolute Gasteiger partial charge is 0.379 e. The van der Waals surface area contributed by atoms with E-state index in [4.69, 9.17) is 0 Å². The Labute approximate surface area is 234 Å². The molecule has 1 aromatic carbocycles. The zero-order chi connectivity index (χ0) is 29.3. The first-order valence-corrected chi connectivity index (χ1v) is 13.3. The van der Waals surface area contributed by atoms with Gasteiger partial charge in [-0.3, -0.25) is 14.3 Å². The molecule has 212 valence electrons. The molecule has 0 radical (unpaired) electrons. The zero-order valence-electron chi connectivity index (χ0n) is 23.2. The Kier molecular flexibility index (Phi) is 7.73. The minimum atomic E-state index is -0.922. The summed E-state index contributed by atoms with van der Waals surface area (Å²) in [5.41, 5.74) is 1.56. The molecule has 0 bridgehead atoms. The summed E-state index contributed by atoms with van der Waals surface area (Å²) in [6.45, 7) is 6.41. The van der Waals surface area contributed by atoms with Crippen LogP contribution in [-0.2, 0) is 13.6 Å². The number of aryl methyl sites for hydroxylation is 2. The third-order valence-electron chi connectivity index (χ3n) is 6.99. The van der Waals surface area contributed by atoms with Gasteiger partial charge in [-0.1, -0.05) is 13.8 Å². The van der Waals surface area contributed by atoms with Crippen LogP contribution in [0.3, 0.4) is 0 Å². The van der Waals surface area contributed by atoms with Crippen molar-refractivity contribution in [1.82, 2.24) is 34.5 Å². The number of pyridine rings is 1. The Hall–Kier alpha value is -4.74. The van der Waals surface area contributed by atoms with E-state index in [1.165, 1.54) is 16.8 Å². The number of halogens is 2. The number of aromatic nitrogens is 7. The van der Waals surface area contributed by atoms with E-state index in [-0.39, 0.29) is 34.1 Å². The van der Waals surface area contributed by atoms with Crippen LogP contribution in [0.1, 0.15) is 45.2 Å². The van der Waals surface area contributed by atoms with E-state index >= 15 is 4.39 Å². The molecule has 12 heteroatoms. The summed E-state index contributed by atoms with van der Waals surface area (Å²) in [5, 5.41) is 13.9. The van der Waals surface area contributed by atoms with E-state index in [9.17, 15) is 14.0 Å². The summed E-state index contributed by atoms with van der Waals surface area (Å²) < 4.78 is 32.5. The molecule has 41 heavy (non-hydrogen) atoms. The van der Waals surface area contributed by atoms with Crippen LogP contribution in [0.4, 0.5) is 14.5 Å². The summed E-state index contributed by atoms with van der Waals surface area (Å²) in [6.07, 6.45) is 7.30. The highest BCUT2D eigenvalue weighted by atomic mass is 19.1. The van der Waals surface area contributed by atoms with Crippen molar-refractivity contribution in [2.75, 3.05) is 5.32 Å². The lowest BCUT2D eigenvalue weighted by molar-refractivity contribution is 0.558. The Morgan fingerprint density at radius 2 is 1.80 bits per heavy atom. The fourth-order valence-electron chi connectivity index (χ4n) is 4.81. The summed E-state index contributed by atoms with van der Waals surface area (Å²) >= 11 is 0. The van der Waals surface area contributed by atoms with Crippen LogP contribution in [0.15, 0.2) is 58.6 Å². The van der Waals surface area contributed by atoms with Crippen LogP contribution >= 0.6 is 0 Å².